The second-order valence-corrected chi connectivity index (χ2v) is 11.8. The number of hydrogen-bond donors (Lipinski definition) is 0. The van der Waals surface area contributed by atoms with Crippen LogP contribution in [0, 0.1) is 0 Å². The number of benzene rings is 3. The van der Waals surface area contributed by atoms with E-state index in [4.69, 9.17) is 9.47 Å². The summed E-state index contributed by atoms with van der Waals surface area (Å²) in [6.07, 6.45) is 1.72. The maximum Gasteiger partial charge on any atom is 0.239 e. The summed E-state index contributed by atoms with van der Waals surface area (Å²) < 4.78 is 41.1. The third kappa shape index (κ3) is 5.00. The Balaban J connectivity index is 1.19. The van der Waals surface area contributed by atoms with Crippen LogP contribution in [0.4, 0.5) is 11.4 Å². The average Bonchev–Trinajstić information content (AvgIpc) is 2.93. The molecule has 194 valence electrons. The zero-order chi connectivity index (χ0) is 25.2. The van der Waals surface area contributed by atoms with Gasteiger partial charge in [0.2, 0.25) is 10.0 Å². The second-order valence-electron chi connectivity index (χ2n) is 9.95. The molecule has 1 fully saturated rings. The highest BCUT2D eigenvalue weighted by atomic mass is 32.2. The molecule has 0 spiro atoms. The van der Waals surface area contributed by atoms with Gasteiger partial charge >= 0.3 is 0 Å². The predicted octanol–water partition coefficient (Wildman–Crippen LogP) is 3.93. The number of nitrogens with zero attached hydrogens (tertiary/aromatic N) is 3. The Hall–Kier alpha value is -3.23. The molecule has 3 aliphatic rings. The van der Waals surface area contributed by atoms with E-state index in [-0.39, 0.29) is 11.8 Å². The monoisotopic (exact) mass is 519 g/mol. The fourth-order valence-corrected chi connectivity index (χ4v) is 7.60. The van der Waals surface area contributed by atoms with E-state index >= 15 is 0 Å². The number of ether oxygens (including phenoxy) is 2. The molecule has 0 saturated carbocycles. The van der Waals surface area contributed by atoms with E-state index in [1.807, 2.05) is 60.7 Å². The number of anilines is 2. The molecular formula is C29H33N3O4S. The second kappa shape index (κ2) is 10.3. The minimum absolute atomic E-state index is 0.00758. The van der Waals surface area contributed by atoms with Gasteiger partial charge in [-0.15, -0.1) is 0 Å². The van der Waals surface area contributed by atoms with Gasteiger partial charge in [-0.3, -0.25) is 9.21 Å². The van der Waals surface area contributed by atoms with Crippen molar-refractivity contribution in [1.82, 2.24) is 4.90 Å². The van der Waals surface area contributed by atoms with Gasteiger partial charge in [0, 0.05) is 32.7 Å². The molecule has 3 aliphatic heterocycles. The van der Waals surface area contributed by atoms with Crippen molar-refractivity contribution in [2.45, 2.75) is 24.6 Å². The van der Waals surface area contributed by atoms with Gasteiger partial charge in [0.15, 0.2) is 11.5 Å². The zero-order valence-corrected chi connectivity index (χ0v) is 21.8. The van der Waals surface area contributed by atoms with Crippen molar-refractivity contribution < 1.29 is 17.9 Å². The fourth-order valence-electron chi connectivity index (χ4n) is 5.75. The normalized spacial score (nSPS) is 19.9. The molecule has 1 unspecified atom stereocenters. The summed E-state index contributed by atoms with van der Waals surface area (Å²) in [5, 5.41) is 0. The quantitative estimate of drug-likeness (QED) is 0.492. The van der Waals surface area contributed by atoms with Crippen LogP contribution in [0.1, 0.15) is 17.5 Å². The van der Waals surface area contributed by atoms with Crippen molar-refractivity contribution in [2.75, 3.05) is 55.1 Å². The molecule has 0 radical (unpaired) electrons. The van der Waals surface area contributed by atoms with Crippen LogP contribution >= 0.6 is 0 Å². The van der Waals surface area contributed by atoms with Gasteiger partial charge < -0.3 is 14.4 Å². The summed E-state index contributed by atoms with van der Waals surface area (Å²) in [5.41, 5.74) is 3.84. The van der Waals surface area contributed by atoms with Crippen molar-refractivity contribution >= 4 is 21.4 Å². The van der Waals surface area contributed by atoms with Crippen LogP contribution in [0.25, 0.3) is 0 Å². The first kappa shape index (κ1) is 24.1. The van der Waals surface area contributed by atoms with E-state index in [2.05, 4.69) is 21.9 Å². The summed E-state index contributed by atoms with van der Waals surface area (Å²) in [5.74, 6) is 1.66. The van der Waals surface area contributed by atoms with E-state index in [0.717, 1.165) is 79.6 Å². The third-order valence-corrected chi connectivity index (χ3v) is 9.32. The van der Waals surface area contributed by atoms with Crippen molar-refractivity contribution in [3.05, 3.63) is 83.9 Å². The van der Waals surface area contributed by atoms with Gasteiger partial charge in [-0.25, -0.2) is 8.42 Å². The predicted molar refractivity (Wildman–Crippen MR) is 146 cm³/mol. The zero-order valence-electron chi connectivity index (χ0n) is 21.0. The Bertz CT molecular complexity index is 1340. The highest BCUT2D eigenvalue weighted by Crippen LogP contribution is 2.40. The number of hydrogen-bond acceptors (Lipinski definition) is 6. The summed E-state index contributed by atoms with van der Waals surface area (Å²) in [4.78, 5) is 4.76. The molecule has 6 rings (SSSR count). The van der Waals surface area contributed by atoms with Crippen molar-refractivity contribution in [3.63, 3.8) is 0 Å². The first-order valence-corrected chi connectivity index (χ1v) is 14.7. The minimum Gasteiger partial charge on any atom is -0.486 e. The summed E-state index contributed by atoms with van der Waals surface area (Å²) in [6.45, 7) is 5.34. The molecule has 7 nitrogen and oxygen atoms in total. The highest BCUT2D eigenvalue weighted by Gasteiger charge is 2.36. The van der Waals surface area contributed by atoms with Gasteiger partial charge in [-0.1, -0.05) is 54.6 Å². The number of rotatable bonds is 6. The maximum atomic E-state index is 13.8. The van der Waals surface area contributed by atoms with Crippen LogP contribution < -0.4 is 18.7 Å². The average molecular weight is 520 g/mol. The third-order valence-electron chi connectivity index (χ3n) is 7.53. The highest BCUT2D eigenvalue weighted by molar-refractivity contribution is 7.92. The van der Waals surface area contributed by atoms with E-state index in [1.54, 1.807) is 4.31 Å². The minimum atomic E-state index is -3.55. The van der Waals surface area contributed by atoms with Gasteiger partial charge in [0.1, 0.15) is 13.2 Å². The molecule has 0 aliphatic carbocycles. The van der Waals surface area contributed by atoms with Crippen LogP contribution in [-0.4, -0.2) is 65.3 Å². The molecule has 3 aromatic carbocycles. The van der Waals surface area contributed by atoms with Crippen LogP contribution in [0.3, 0.4) is 0 Å². The number of sulfonamides is 1. The van der Waals surface area contributed by atoms with E-state index in [9.17, 15) is 8.42 Å². The Morgan fingerprint density at radius 3 is 2.35 bits per heavy atom. The van der Waals surface area contributed by atoms with Crippen molar-refractivity contribution in [2.24, 2.45) is 0 Å². The number of aryl methyl sites for hydroxylation is 1. The van der Waals surface area contributed by atoms with Crippen LogP contribution in [-0.2, 0) is 22.2 Å². The molecule has 1 saturated heterocycles. The number of piperazine rings is 1. The molecule has 0 amide bonds. The first-order valence-electron chi connectivity index (χ1n) is 13.1. The molecule has 0 bridgehead atoms. The van der Waals surface area contributed by atoms with E-state index < -0.39 is 10.0 Å². The topological polar surface area (TPSA) is 62.3 Å². The molecule has 37 heavy (non-hydrogen) atoms. The van der Waals surface area contributed by atoms with Crippen molar-refractivity contribution in [3.8, 4) is 11.5 Å². The standard InChI is InChI=1S/C29H33N3O4S/c33-37(34,22-23-7-2-1-3-8-23)32-25(14-13-24-9-4-5-10-26(24)32)21-30-15-17-31(18-16-30)27-11-6-12-28-29(27)36-20-19-35-28/h1-12,25H,13-22H2. The van der Waals surface area contributed by atoms with Crippen LogP contribution in [0.5, 0.6) is 11.5 Å². The Kier molecular flexibility index (Phi) is 6.69. The van der Waals surface area contributed by atoms with Crippen LogP contribution in [0.15, 0.2) is 72.8 Å². The first-order chi connectivity index (χ1) is 18.1. The smallest absolute Gasteiger partial charge is 0.239 e. The maximum absolute atomic E-state index is 13.8. The fraction of sp³-hybridized carbons (Fsp3) is 0.379. The SMILES string of the molecule is O=S(=O)(Cc1ccccc1)N1c2ccccc2CCC1CN1CCN(c2cccc3c2OCCO3)CC1. The van der Waals surface area contributed by atoms with Gasteiger partial charge in [0.05, 0.1) is 23.2 Å². The van der Waals surface area contributed by atoms with E-state index in [0.29, 0.717) is 13.2 Å². The van der Waals surface area contributed by atoms with Crippen LogP contribution in [0.2, 0.25) is 0 Å². The Morgan fingerprint density at radius 1 is 0.784 bits per heavy atom. The Morgan fingerprint density at radius 2 is 1.51 bits per heavy atom. The van der Waals surface area contributed by atoms with E-state index in [1.165, 1.54) is 0 Å². The summed E-state index contributed by atoms with van der Waals surface area (Å²) in [6, 6.07) is 23.4. The molecule has 0 aromatic heterocycles. The molecule has 3 heterocycles. The molecule has 1 atom stereocenters. The number of para-hydroxylation sites is 2. The largest absolute Gasteiger partial charge is 0.486 e. The lowest BCUT2D eigenvalue weighted by molar-refractivity contribution is 0.171. The van der Waals surface area contributed by atoms with Gasteiger partial charge in [-0.2, -0.15) is 0 Å². The Labute approximate surface area is 219 Å². The molecule has 3 aromatic rings. The lowest BCUT2D eigenvalue weighted by atomic mass is 9.97. The lowest BCUT2D eigenvalue weighted by Crippen LogP contribution is -2.54. The van der Waals surface area contributed by atoms with Gasteiger partial charge in [0.25, 0.3) is 0 Å². The summed E-state index contributed by atoms with van der Waals surface area (Å²) >= 11 is 0. The lowest BCUT2D eigenvalue weighted by Gasteiger charge is -2.43. The van der Waals surface area contributed by atoms with Gasteiger partial charge in [-0.05, 0) is 42.2 Å². The number of fused-ring (bicyclic) bond motifs is 2. The summed E-state index contributed by atoms with van der Waals surface area (Å²) in [7, 11) is -3.55. The molecular weight excluding hydrogens is 486 g/mol. The molecule has 0 N–H and O–H groups in total. The molecule has 8 heteroatoms. The van der Waals surface area contributed by atoms with Crippen molar-refractivity contribution in [1.29, 1.82) is 0 Å².